The van der Waals surface area contributed by atoms with Crippen LogP contribution in [0.4, 0.5) is 11.4 Å². The van der Waals surface area contributed by atoms with Crippen LogP contribution in [0.15, 0.2) is 30.6 Å². The summed E-state index contributed by atoms with van der Waals surface area (Å²) in [6.45, 7) is 2.43. The molecule has 1 N–H and O–H groups in total. The normalized spacial score (nSPS) is 10.3. The second-order valence-electron chi connectivity index (χ2n) is 4.19. The van der Waals surface area contributed by atoms with E-state index in [1.165, 1.54) is 6.07 Å². The van der Waals surface area contributed by atoms with Crippen molar-refractivity contribution in [3.05, 3.63) is 51.8 Å². The van der Waals surface area contributed by atoms with Gasteiger partial charge in [0.25, 0.3) is 5.69 Å². The second-order valence-corrected chi connectivity index (χ2v) is 4.19. The first-order valence-corrected chi connectivity index (χ1v) is 5.52. The van der Waals surface area contributed by atoms with Crippen molar-refractivity contribution in [1.82, 2.24) is 9.78 Å². The molecule has 94 valence electrons. The molecule has 1 aromatic carbocycles. The number of nitro groups is 1. The third kappa shape index (κ3) is 2.85. The summed E-state index contributed by atoms with van der Waals surface area (Å²) in [6.07, 6.45) is 3.66. The van der Waals surface area contributed by atoms with Crippen LogP contribution in [0.2, 0.25) is 0 Å². The van der Waals surface area contributed by atoms with Crippen LogP contribution in [0.5, 0.6) is 0 Å². The van der Waals surface area contributed by atoms with Crippen LogP contribution < -0.4 is 5.32 Å². The number of aromatic nitrogens is 2. The maximum atomic E-state index is 10.7. The molecule has 0 spiro atoms. The lowest BCUT2D eigenvalue weighted by molar-refractivity contribution is -0.384. The largest absolute Gasteiger partial charge is 0.381 e. The number of nitro benzene ring substituents is 1. The Balaban J connectivity index is 2.11. The number of benzene rings is 1. The van der Waals surface area contributed by atoms with Crippen LogP contribution in [0.3, 0.4) is 0 Å². The maximum Gasteiger partial charge on any atom is 0.271 e. The lowest BCUT2D eigenvalue weighted by atomic mass is 10.2. The van der Waals surface area contributed by atoms with Gasteiger partial charge in [0.2, 0.25) is 0 Å². The summed E-state index contributed by atoms with van der Waals surface area (Å²) in [5, 5.41) is 18.0. The van der Waals surface area contributed by atoms with Gasteiger partial charge in [-0.15, -0.1) is 0 Å². The average Bonchev–Trinajstić information content (AvgIpc) is 2.72. The molecular weight excluding hydrogens is 232 g/mol. The minimum Gasteiger partial charge on any atom is -0.381 e. The van der Waals surface area contributed by atoms with Gasteiger partial charge < -0.3 is 5.32 Å². The summed E-state index contributed by atoms with van der Waals surface area (Å²) in [4.78, 5) is 10.4. The van der Waals surface area contributed by atoms with Crippen molar-refractivity contribution >= 4 is 11.4 Å². The SMILES string of the molecule is Cc1cc(NCc2cnn(C)c2)cc([N+](=O)[O-])c1. The first-order valence-electron chi connectivity index (χ1n) is 5.52. The molecule has 2 aromatic rings. The number of nitrogens with one attached hydrogen (secondary N) is 1. The number of aryl methyl sites for hydroxylation is 2. The van der Waals surface area contributed by atoms with Crippen LogP contribution in [0.1, 0.15) is 11.1 Å². The van der Waals surface area contributed by atoms with Gasteiger partial charge in [-0.2, -0.15) is 5.10 Å². The molecule has 18 heavy (non-hydrogen) atoms. The first-order chi connectivity index (χ1) is 8.54. The number of anilines is 1. The zero-order chi connectivity index (χ0) is 13.1. The Bertz CT molecular complexity index is 577. The Hall–Kier alpha value is -2.37. The Morgan fingerprint density at radius 1 is 1.44 bits per heavy atom. The third-order valence-corrected chi connectivity index (χ3v) is 2.53. The summed E-state index contributed by atoms with van der Waals surface area (Å²) in [5.41, 5.74) is 2.73. The lowest BCUT2D eigenvalue weighted by Crippen LogP contribution is -2.00. The average molecular weight is 246 g/mol. The molecule has 0 atom stereocenters. The van der Waals surface area contributed by atoms with E-state index in [9.17, 15) is 10.1 Å². The van der Waals surface area contributed by atoms with E-state index in [1.54, 1.807) is 16.9 Å². The highest BCUT2D eigenvalue weighted by atomic mass is 16.6. The van der Waals surface area contributed by atoms with Crippen LogP contribution >= 0.6 is 0 Å². The Kier molecular flexibility index (Phi) is 3.27. The van der Waals surface area contributed by atoms with Crippen molar-refractivity contribution < 1.29 is 4.92 Å². The van der Waals surface area contributed by atoms with E-state index in [4.69, 9.17) is 0 Å². The van der Waals surface area contributed by atoms with Crippen molar-refractivity contribution in [2.75, 3.05) is 5.32 Å². The van der Waals surface area contributed by atoms with Gasteiger partial charge in [0.1, 0.15) is 0 Å². The van der Waals surface area contributed by atoms with E-state index in [0.29, 0.717) is 6.54 Å². The van der Waals surface area contributed by atoms with Gasteiger partial charge in [-0.1, -0.05) is 0 Å². The number of hydrogen-bond donors (Lipinski definition) is 1. The van der Waals surface area contributed by atoms with Crippen LogP contribution in [0, 0.1) is 17.0 Å². The van der Waals surface area contributed by atoms with Crippen molar-refractivity contribution in [1.29, 1.82) is 0 Å². The quantitative estimate of drug-likeness (QED) is 0.663. The Morgan fingerprint density at radius 2 is 2.22 bits per heavy atom. The molecule has 1 heterocycles. The molecule has 6 nitrogen and oxygen atoms in total. The summed E-state index contributed by atoms with van der Waals surface area (Å²) in [6, 6.07) is 4.96. The fourth-order valence-corrected chi connectivity index (χ4v) is 1.74. The van der Waals surface area contributed by atoms with Crippen molar-refractivity contribution in [2.24, 2.45) is 7.05 Å². The molecule has 1 aromatic heterocycles. The van der Waals surface area contributed by atoms with Crippen molar-refractivity contribution in [3.8, 4) is 0 Å². The van der Waals surface area contributed by atoms with Crippen LogP contribution in [0.25, 0.3) is 0 Å². The highest BCUT2D eigenvalue weighted by Crippen LogP contribution is 2.20. The second kappa shape index (κ2) is 4.87. The van der Waals surface area contributed by atoms with E-state index < -0.39 is 0 Å². The third-order valence-electron chi connectivity index (χ3n) is 2.53. The molecule has 0 aliphatic heterocycles. The molecule has 0 saturated heterocycles. The maximum absolute atomic E-state index is 10.7. The summed E-state index contributed by atoms with van der Waals surface area (Å²) in [7, 11) is 1.85. The molecule has 0 aliphatic carbocycles. The minimum absolute atomic E-state index is 0.101. The lowest BCUT2D eigenvalue weighted by Gasteiger charge is -2.05. The van der Waals surface area contributed by atoms with E-state index in [1.807, 2.05) is 26.2 Å². The van der Waals surface area contributed by atoms with E-state index in [2.05, 4.69) is 10.4 Å². The van der Waals surface area contributed by atoms with Crippen molar-refractivity contribution in [2.45, 2.75) is 13.5 Å². The van der Waals surface area contributed by atoms with Gasteiger partial charge in [0.05, 0.1) is 11.1 Å². The molecule has 2 rings (SSSR count). The first kappa shape index (κ1) is 12.1. The zero-order valence-corrected chi connectivity index (χ0v) is 10.3. The molecule has 0 radical (unpaired) electrons. The monoisotopic (exact) mass is 246 g/mol. The van der Waals surface area contributed by atoms with E-state index in [-0.39, 0.29) is 10.6 Å². The number of nitrogens with zero attached hydrogens (tertiary/aromatic N) is 3. The molecule has 6 heteroatoms. The number of non-ortho nitro benzene ring substituents is 1. The minimum atomic E-state index is -0.387. The highest BCUT2D eigenvalue weighted by molar-refractivity contribution is 5.53. The standard InChI is InChI=1S/C12H14N4O2/c1-9-3-11(5-12(4-9)16(17)18)13-6-10-7-14-15(2)8-10/h3-5,7-8,13H,6H2,1-2H3. The molecular formula is C12H14N4O2. The van der Waals surface area contributed by atoms with Crippen LogP contribution in [-0.4, -0.2) is 14.7 Å². The summed E-state index contributed by atoms with van der Waals surface area (Å²) >= 11 is 0. The van der Waals surface area contributed by atoms with Crippen LogP contribution in [-0.2, 0) is 13.6 Å². The Labute approximate surface area is 104 Å². The topological polar surface area (TPSA) is 73.0 Å². The fourth-order valence-electron chi connectivity index (χ4n) is 1.74. The summed E-state index contributed by atoms with van der Waals surface area (Å²) in [5.74, 6) is 0. The zero-order valence-electron chi connectivity index (χ0n) is 10.3. The fraction of sp³-hybridized carbons (Fsp3) is 0.250. The number of hydrogen-bond acceptors (Lipinski definition) is 4. The van der Waals surface area contributed by atoms with Gasteiger partial charge in [-0.25, -0.2) is 0 Å². The predicted octanol–water partition coefficient (Wildman–Crippen LogP) is 2.25. The van der Waals surface area contributed by atoms with E-state index >= 15 is 0 Å². The molecule has 0 bridgehead atoms. The molecule has 0 aliphatic rings. The van der Waals surface area contributed by atoms with Gasteiger partial charge in [0, 0.05) is 43.2 Å². The molecule has 0 saturated carbocycles. The summed E-state index contributed by atoms with van der Waals surface area (Å²) < 4.78 is 1.72. The van der Waals surface area contributed by atoms with Gasteiger partial charge in [-0.05, 0) is 18.6 Å². The van der Waals surface area contributed by atoms with Gasteiger partial charge in [0.15, 0.2) is 0 Å². The highest BCUT2D eigenvalue weighted by Gasteiger charge is 2.07. The number of rotatable bonds is 4. The molecule has 0 unspecified atom stereocenters. The molecule has 0 amide bonds. The van der Waals surface area contributed by atoms with E-state index in [0.717, 1.165) is 16.8 Å². The predicted molar refractivity (Wildman–Crippen MR) is 68.4 cm³/mol. The van der Waals surface area contributed by atoms with Crippen molar-refractivity contribution in [3.63, 3.8) is 0 Å². The smallest absolute Gasteiger partial charge is 0.271 e. The van der Waals surface area contributed by atoms with Gasteiger partial charge >= 0.3 is 0 Å². The van der Waals surface area contributed by atoms with Gasteiger partial charge in [-0.3, -0.25) is 14.8 Å². The molecule has 0 fully saturated rings. The Morgan fingerprint density at radius 3 is 2.83 bits per heavy atom.